The van der Waals surface area contributed by atoms with Gasteiger partial charge < -0.3 is 4.74 Å². The normalized spacial score (nSPS) is 16.0. The van der Waals surface area contributed by atoms with Crippen molar-refractivity contribution in [3.63, 3.8) is 0 Å². The monoisotopic (exact) mass is 482 g/mol. The summed E-state index contributed by atoms with van der Waals surface area (Å²) in [6.45, 7) is 0. The molecule has 1 saturated carbocycles. The molecule has 0 saturated heterocycles. The lowest BCUT2D eigenvalue weighted by Crippen LogP contribution is -2.43. The highest BCUT2D eigenvalue weighted by atomic mass is 32.2. The number of terminal acetylenes is 1. The van der Waals surface area contributed by atoms with Crippen LogP contribution >= 0.6 is 11.8 Å². The minimum Gasteiger partial charge on any atom is -0.497 e. The van der Waals surface area contributed by atoms with Gasteiger partial charge in [0.2, 0.25) is 5.78 Å². The summed E-state index contributed by atoms with van der Waals surface area (Å²) in [7, 11) is 1.63. The molecule has 2 aromatic carbocycles. The Morgan fingerprint density at radius 1 is 1.09 bits per heavy atom. The number of aromatic nitrogens is 4. The van der Waals surface area contributed by atoms with Gasteiger partial charge in [-0.1, -0.05) is 61.2 Å². The van der Waals surface area contributed by atoms with E-state index in [4.69, 9.17) is 11.2 Å². The molecule has 0 N–H and O–H groups in total. The number of hydrogen-bond donors (Lipinski definition) is 0. The third-order valence-electron chi connectivity index (χ3n) is 7.45. The first-order chi connectivity index (χ1) is 17.2. The van der Waals surface area contributed by atoms with Crippen LogP contribution in [0.15, 0.2) is 58.5 Å². The number of benzene rings is 2. The van der Waals surface area contributed by atoms with Crippen LogP contribution in [-0.2, 0) is 11.8 Å². The molecule has 35 heavy (non-hydrogen) atoms. The Hall–Kier alpha value is -3.50. The van der Waals surface area contributed by atoms with Crippen LogP contribution in [0.4, 0.5) is 0 Å². The zero-order valence-electron chi connectivity index (χ0n) is 19.7. The maximum Gasteiger partial charge on any atom is 0.263 e. The van der Waals surface area contributed by atoms with Crippen molar-refractivity contribution in [2.75, 3.05) is 12.9 Å². The fourth-order valence-corrected chi connectivity index (χ4v) is 6.54. The zero-order chi connectivity index (χ0) is 24.0. The molecule has 0 bridgehead atoms. The maximum absolute atomic E-state index is 14.5. The van der Waals surface area contributed by atoms with Crippen LogP contribution in [-0.4, -0.2) is 32.0 Å². The summed E-state index contributed by atoms with van der Waals surface area (Å²) in [4.78, 5) is 14.5. The summed E-state index contributed by atoms with van der Waals surface area (Å²) >= 11 is 1.47. The molecule has 176 valence electrons. The van der Waals surface area contributed by atoms with E-state index in [1.165, 1.54) is 23.7 Å². The number of thioether (sulfide) groups is 1. The Bertz CT molecular complexity index is 1520. The molecule has 2 heterocycles. The molecule has 1 fully saturated rings. The lowest BCUT2D eigenvalue weighted by molar-refractivity contribution is 0.284. The van der Waals surface area contributed by atoms with Gasteiger partial charge in [-0.05, 0) is 49.1 Å². The van der Waals surface area contributed by atoms with Gasteiger partial charge in [0.1, 0.15) is 5.75 Å². The average Bonchev–Trinajstić information content (AvgIpc) is 3.31. The molecule has 6 rings (SSSR count). The van der Waals surface area contributed by atoms with E-state index in [-0.39, 0.29) is 11.0 Å². The van der Waals surface area contributed by atoms with Gasteiger partial charge in [-0.2, -0.15) is 0 Å². The number of methoxy groups -OCH3 is 1. The largest absolute Gasteiger partial charge is 0.497 e. The van der Waals surface area contributed by atoms with Crippen LogP contribution in [0, 0.1) is 12.3 Å². The minimum atomic E-state index is -0.195. The van der Waals surface area contributed by atoms with Gasteiger partial charge in [0.05, 0.1) is 24.2 Å². The maximum atomic E-state index is 14.5. The second-order valence-corrected chi connectivity index (χ2v) is 10.3. The van der Waals surface area contributed by atoms with E-state index in [0.717, 1.165) is 60.4 Å². The number of ether oxygens (including phenoxy) is 1. The number of nitrogens with zero attached hydrogens (tertiary/aromatic N) is 4. The minimum absolute atomic E-state index is 0.00466. The molecule has 1 spiro atoms. The predicted molar refractivity (Wildman–Crippen MR) is 139 cm³/mol. The summed E-state index contributed by atoms with van der Waals surface area (Å²) in [6, 6.07) is 16.0. The van der Waals surface area contributed by atoms with E-state index in [9.17, 15) is 4.79 Å². The van der Waals surface area contributed by atoms with Crippen molar-refractivity contribution in [1.29, 1.82) is 0 Å². The molecule has 0 aliphatic heterocycles. The van der Waals surface area contributed by atoms with Crippen molar-refractivity contribution < 1.29 is 4.74 Å². The fraction of sp³-hybridized carbons (Fsp3) is 0.321. The zero-order valence-corrected chi connectivity index (χ0v) is 20.5. The molecule has 6 nitrogen and oxygen atoms in total. The van der Waals surface area contributed by atoms with E-state index in [2.05, 4.69) is 38.7 Å². The fourth-order valence-electron chi connectivity index (χ4n) is 5.93. The molecule has 0 radical (unpaired) electrons. The average molecular weight is 483 g/mol. The van der Waals surface area contributed by atoms with Crippen molar-refractivity contribution >= 4 is 17.5 Å². The summed E-state index contributed by atoms with van der Waals surface area (Å²) in [6.07, 6.45) is 12.0. The van der Waals surface area contributed by atoms with Crippen LogP contribution in [0.3, 0.4) is 0 Å². The van der Waals surface area contributed by atoms with Crippen LogP contribution in [0.5, 0.6) is 5.75 Å². The van der Waals surface area contributed by atoms with E-state index in [0.29, 0.717) is 16.7 Å². The molecule has 0 unspecified atom stereocenters. The van der Waals surface area contributed by atoms with Crippen LogP contribution in [0.1, 0.15) is 43.2 Å². The summed E-state index contributed by atoms with van der Waals surface area (Å²) in [5, 5.41) is 9.73. The smallest absolute Gasteiger partial charge is 0.263 e. The highest BCUT2D eigenvalue weighted by molar-refractivity contribution is 7.99. The highest BCUT2D eigenvalue weighted by Gasteiger charge is 2.44. The molecular formula is C28H26N4O2S. The van der Waals surface area contributed by atoms with Crippen molar-refractivity contribution in [3.8, 4) is 35.0 Å². The number of fused-ring (bicyclic) bond motifs is 6. The third-order valence-corrected chi connectivity index (χ3v) is 8.28. The number of rotatable bonds is 4. The van der Waals surface area contributed by atoms with E-state index in [1.807, 2.05) is 30.3 Å². The van der Waals surface area contributed by atoms with Gasteiger partial charge in [-0.15, -0.1) is 16.6 Å². The summed E-state index contributed by atoms with van der Waals surface area (Å²) in [5.74, 6) is 4.41. The van der Waals surface area contributed by atoms with Gasteiger partial charge in [-0.3, -0.25) is 9.20 Å². The second kappa shape index (κ2) is 8.62. The van der Waals surface area contributed by atoms with Gasteiger partial charge in [0, 0.05) is 16.5 Å². The lowest BCUT2D eigenvalue weighted by atomic mass is 9.62. The molecule has 4 aromatic rings. The Balaban J connectivity index is 1.75. The SMILES string of the molecule is C#CCSc1nnc2n(-c3ccc(OC)cc3)c(=O)c3c(n12)-c1ccccc1CC31CCCCC1. The van der Waals surface area contributed by atoms with E-state index < -0.39 is 0 Å². The van der Waals surface area contributed by atoms with Gasteiger partial charge in [-0.25, -0.2) is 4.57 Å². The van der Waals surface area contributed by atoms with Crippen molar-refractivity contribution in [1.82, 2.24) is 19.2 Å². The summed E-state index contributed by atoms with van der Waals surface area (Å²) in [5.41, 5.74) is 4.74. The topological polar surface area (TPSA) is 61.4 Å². The Morgan fingerprint density at radius 2 is 1.86 bits per heavy atom. The molecule has 7 heteroatoms. The highest BCUT2D eigenvalue weighted by Crippen LogP contribution is 2.49. The van der Waals surface area contributed by atoms with Gasteiger partial charge in [0.25, 0.3) is 5.56 Å². The predicted octanol–water partition coefficient (Wildman–Crippen LogP) is 5.04. The summed E-state index contributed by atoms with van der Waals surface area (Å²) < 4.78 is 9.13. The van der Waals surface area contributed by atoms with Crippen molar-refractivity contribution in [2.24, 2.45) is 0 Å². The Kier molecular flexibility index (Phi) is 5.42. The van der Waals surface area contributed by atoms with Gasteiger partial charge in [0.15, 0.2) is 5.16 Å². The lowest BCUT2D eigenvalue weighted by Gasteiger charge is -2.42. The van der Waals surface area contributed by atoms with Crippen molar-refractivity contribution in [3.05, 3.63) is 70.0 Å². The molecule has 0 amide bonds. The molecular weight excluding hydrogens is 456 g/mol. The Morgan fingerprint density at radius 3 is 2.60 bits per heavy atom. The van der Waals surface area contributed by atoms with E-state index >= 15 is 0 Å². The molecule has 2 aliphatic carbocycles. The molecule has 2 aliphatic rings. The second-order valence-electron chi connectivity index (χ2n) is 9.35. The van der Waals surface area contributed by atoms with E-state index in [1.54, 1.807) is 11.7 Å². The van der Waals surface area contributed by atoms with Crippen LogP contribution in [0.25, 0.3) is 22.7 Å². The number of hydrogen-bond acceptors (Lipinski definition) is 5. The quantitative estimate of drug-likeness (QED) is 0.301. The standard InChI is InChI=1S/C28H26N4O2S/c1-3-17-35-27-30-29-26-31(20-11-13-21(34-2)14-12-20)25(33)23-24(32(26)27)22-10-6-5-9-19(22)18-28(23)15-7-4-8-16-28/h1,5-6,9-14H,4,7-8,15-18H2,2H3. The van der Waals surface area contributed by atoms with Crippen LogP contribution < -0.4 is 10.3 Å². The van der Waals surface area contributed by atoms with Crippen LogP contribution in [0.2, 0.25) is 0 Å². The molecule has 0 atom stereocenters. The first-order valence-electron chi connectivity index (χ1n) is 12.0. The first kappa shape index (κ1) is 22.0. The third kappa shape index (κ3) is 3.39. The molecule has 2 aromatic heterocycles. The Labute approximate surface area is 208 Å². The first-order valence-corrected chi connectivity index (χ1v) is 13.0. The van der Waals surface area contributed by atoms with Gasteiger partial charge >= 0.3 is 0 Å². The van der Waals surface area contributed by atoms with Crippen molar-refractivity contribution in [2.45, 2.75) is 49.1 Å².